The summed E-state index contributed by atoms with van der Waals surface area (Å²) >= 11 is 1.97. The van der Waals surface area contributed by atoms with Crippen LogP contribution in [0.5, 0.6) is 0 Å². The van der Waals surface area contributed by atoms with E-state index in [1.54, 1.807) is 10.4 Å². The highest BCUT2D eigenvalue weighted by molar-refractivity contribution is 7.19. The highest BCUT2D eigenvalue weighted by Gasteiger charge is 2.28. The van der Waals surface area contributed by atoms with Gasteiger partial charge in [-0.15, -0.1) is 11.3 Å². The number of hydrogen-bond acceptors (Lipinski definition) is 2. The number of thiophene rings is 1. The van der Waals surface area contributed by atoms with Gasteiger partial charge in [0, 0.05) is 16.0 Å². The average Bonchev–Trinajstić information content (AvgIpc) is 2.97. The van der Waals surface area contributed by atoms with Gasteiger partial charge in [-0.3, -0.25) is 0 Å². The summed E-state index contributed by atoms with van der Waals surface area (Å²) in [4.78, 5) is 8.09. The van der Waals surface area contributed by atoms with Crippen molar-refractivity contribution in [3.05, 3.63) is 52.0 Å². The minimum Gasteiger partial charge on any atom is -0.242 e. The normalized spacial score (nSPS) is 22.6. The molecule has 0 fully saturated rings. The summed E-state index contributed by atoms with van der Waals surface area (Å²) in [5, 5.41) is 1.49. The zero-order valence-electron chi connectivity index (χ0n) is 15.1. The highest BCUT2D eigenvalue weighted by Crippen LogP contribution is 2.45. The van der Waals surface area contributed by atoms with Crippen molar-refractivity contribution in [2.24, 2.45) is 11.8 Å². The predicted molar refractivity (Wildman–Crippen MR) is 107 cm³/mol. The molecule has 2 heteroatoms. The molecule has 0 unspecified atom stereocenters. The summed E-state index contributed by atoms with van der Waals surface area (Å²) in [7, 11) is 0. The smallest absolute Gasteiger partial charge is 0.124 e. The van der Waals surface area contributed by atoms with E-state index < -0.39 is 0 Å². The quantitative estimate of drug-likeness (QED) is 0.510. The number of aromatic nitrogens is 1. The van der Waals surface area contributed by atoms with E-state index >= 15 is 0 Å². The van der Waals surface area contributed by atoms with Crippen LogP contribution < -0.4 is 0 Å². The molecule has 0 amide bonds. The van der Waals surface area contributed by atoms with Crippen molar-refractivity contribution in [3.63, 3.8) is 0 Å². The molecule has 0 N–H and O–H groups in total. The Morgan fingerprint density at radius 2 is 1.68 bits per heavy atom. The third kappa shape index (κ3) is 2.54. The molecule has 25 heavy (non-hydrogen) atoms. The summed E-state index contributed by atoms with van der Waals surface area (Å²) < 4.78 is 0. The van der Waals surface area contributed by atoms with Crippen molar-refractivity contribution >= 4 is 21.6 Å². The molecule has 0 spiro atoms. The van der Waals surface area contributed by atoms with Crippen LogP contribution in [0.15, 0.2) is 30.3 Å². The van der Waals surface area contributed by atoms with Gasteiger partial charge in [0.25, 0.3) is 0 Å². The second-order valence-corrected chi connectivity index (χ2v) is 9.24. The van der Waals surface area contributed by atoms with Crippen molar-refractivity contribution in [1.29, 1.82) is 0 Å². The van der Waals surface area contributed by atoms with Gasteiger partial charge in [-0.05, 0) is 72.6 Å². The van der Waals surface area contributed by atoms with Gasteiger partial charge in [-0.2, -0.15) is 0 Å². The molecule has 0 saturated carbocycles. The lowest BCUT2D eigenvalue weighted by Gasteiger charge is -2.25. The lowest BCUT2D eigenvalue weighted by atomic mass is 9.81. The van der Waals surface area contributed by atoms with Gasteiger partial charge < -0.3 is 0 Å². The number of fused-ring (bicyclic) bond motifs is 4. The summed E-state index contributed by atoms with van der Waals surface area (Å²) in [5.74, 6) is 1.58. The third-order valence-electron chi connectivity index (χ3n) is 6.12. The first kappa shape index (κ1) is 15.6. The minimum atomic E-state index is 0.767. The standard InChI is InChI=1S/C23H25NS/c1-14-9-11-19-18(12-14)21(16-6-4-3-5-7-16)22-17-10-8-15(2)13-20(17)25-23(22)24-19/h3-7,14-15H,8-13H2,1-2H3/t14-,15+/m1/s1. The Bertz CT molecular complexity index is 938. The average molecular weight is 348 g/mol. The molecule has 1 nitrogen and oxygen atoms in total. The molecule has 0 saturated heterocycles. The molecule has 1 aromatic carbocycles. The van der Waals surface area contributed by atoms with Gasteiger partial charge in [0.1, 0.15) is 4.83 Å². The zero-order valence-corrected chi connectivity index (χ0v) is 16.0. The number of aryl methyl sites for hydroxylation is 2. The van der Waals surface area contributed by atoms with E-state index in [1.165, 1.54) is 64.7 Å². The number of pyridine rings is 1. The Kier molecular flexibility index (Phi) is 3.71. The van der Waals surface area contributed by atoms with Crippen molar-refractivity contribution < 1.29 is 0 Å². The van der Waals surface area contributed by atoms with E-state index in [0.717, 1.165) is 18.3 Å². The summed E-state index contributed by atoms with van der Waals surface area (Å²) in [6.45, 7) is 4.79. The van der Waals surface area contributed by atoms with Crippen molar-refractivity contribution in [1.82, 2.24) is 4.98 Å². The number of benzene rings is 1. The molecule has 128 valence electrons. The van der Waals surface area contributed by atoms with Gasteiger partial charge in [-0.1, -0.05) is 44.2 Å². The molecule has 0 radical (unpaired) electrons. The lowest BCUT2D eigenvalue weighted by molar-refractivity contribution is 0.496. The van der Waals surface area contributed by atoms with Crippen LogP contribution in [0.3, 0.4) is 0 Å². The molecular weight excluding hydrogens is 322 g/mol. The molecular formula is C23H25NS. The molecule has 0 bridgehead atoms. The van der Waals surface area contributed by atoms with Crippen LogP contribution in [0.2, 0.25) is 0 Å². The van der Waals surface area contributed by atoms with Crippen LogP contribution in [0.1, 0.15) is 48.4 Å². The molecule has 2 aliphatic carbocycles. The maximum atomic E-state index is 5.18. The summed E-state index contributed by atoms with van der Waals surface area (Å²) in [6.07, 6.45) is 7.40. The van der Waals surface area contributed by atoms with E-state index in [4.69, 9.17) is 4.98 Å². The maximum absolute atomic E-state index is 5.18. The predicted octanol–water partition coefficient (Wildman–Crippen LogP) is 6.21. The molecule has 2 aliphatic rings. The SMILES string of the molecule is C[C@@H]1CCc2nc3sc4c(c3c(-c3ccccc3)c2C1)CC[C@H](C)C4. The molecule has 5 rings (SSSR count). The van der Waals surface area contributed by atoms with Crippen LogP contribution in [-0.2, 0) is 25.7 Å². The van der Waals surface area contributed by atoms with Crippen molar-refractivity contribution in [2.45, 2.75) is 52.4 Å². The summed E-state index contributed by atoms with van der Waals surface area (Å²) in [5.41, 5.74) is 7.43. The van der Waals surface area contributed by atoms with E-state index in [9.17, 15) is 0 Å². The van der Waals surface area contributed by atoms with Crippen molar-refractivity contribution in [3.8, 4) is 11.1 Å². The van der Waals surface area contributed by atoms with E-state index in [1.807, 2.05) is 11.3 Å². The first-order valence-electron chi connectivity index (χ1n) is 9.72. The second-order valence-electron chi connectivity index (χ2n) is 8.16. The van der Waals surface area contributed by atoms with E-state index in [-0.39, 0.29) is 0 Å². The van der Waals surface area contributed by atoms with Crippen LogP contribution in [0, 0.1) is 11.8 Å². The third-order valence-corrected chi connectivity index (χ3v) is 7.27. The fourth-order valence-electron chi connectivity index (χ4n) is 4.74. The fourth-order valence-corrected chi connectivity index (χ4v) is 6.15. The minimum absolute atomic E-state index is 0.767. The summed E-state index contributed by atoms with van der Waals surface area (Å²) in [6, 6.07) is 11.1. The number of nitrogens with zero attached hydrogens (tertiary/aromatic N) is 1. The molecule has 0 aliphatic heterocycles. The Morgan fingerprint density at radius 1 is 0.920 bits per heavy atom. The zero-order chi connectivity index (χ0) is 17.0. The van der Waals surface area contributed by atoms with Gasteiger partial charge in [-0.25, -0.2) is 4.98 Å². The topological polar surface area (TPSA) is 12.9 Å². The molecule has 2 aromatic heterocycles. The van der Waals surface area contributed by atoms with Crippen molar-refractivity contribution in [2.75, 3.05) is 0 Å². The Balaban J connectivity index is 1.85. The Labute approximate surface area is 154 Å². The second kappa shape index (κ2) is 5.95. The first-order chi connectivity index (χ1) is 12.2. The number of rotatable bonds is 1. The monoisotopic (exact) mass is 347 g/mol. The van der Waals surface area contributed by atoms with Crippen LogP contribution >= 0.6 is 11.3 Å². The fraction of sp³-hybridized carbons (Fsp3) is 0.435. The molecule has 2 heterocycles. The van der Waals surface area contributed by atoms with Gasteiger partial charge in [0.15, 0.2) is 0 Å². The van der Waals surface area contributed by atoms with Crippen LogP contribution in [0.4, 0.5) is 0 Å². The maximum Gasteiger partial charge on any atom is 0.124 e. The van der Waals surface area contributed by atoms with Gasteiger partial charge in [0.2, 0.25) is 0 Å². The van der Waals surface area contributed by atoms with Crippen LogP contribution in [-0.4, -0.2) is 4.98 Å². The van der Waals surface area contributed by atoms with Gasteiger partial charge >= 0.3 is 0 Å². The Morgan fingerprint density at radius 3 is 2.52 bits per heavy atom. The Hall–Kier alpha value is -1.67. The van der Waals surface area contributed by atoms with Gasteiger partial charge in [0.05, 0.1) is 0 Å². The first-order valence-corrected chi connectivity index (χ1v) is 10.5. The molecule has 2 atom stereocenters. The largest absolute Gasteiger partial charge is 0.242 e. The van der Waals surface area contributed by atoms with E-state index in [2.05, 4.69) is 44.2 Å². The molecule has 3 aromatic rings. The highest BCUT2D eigenvalue weighted by atomic mass is 32.1. The lowest BCUT2D eigenvalue weighted by Crippen LogP contribution is -2.15. The van der Waals surface area contributed by atoms with E-state index in [0.29, 0.717) is 0 Å². The van der Waals surface area contributed by atoms with Crippen LogP contribution in [0.25, 0.3) is 21.3 Å². The number of hydrogen-bond donors (Lipinski definition) is 0.